The Hall–Kier alpha value is -1.97. The van der Waals surface area contributed by atoms with E-state index in [9.17, 15) is 18.0 Å². The molecule has 2 rings (SSSR count). The Morgan fingerprint density at radius 2 is 1.96 bits per heavy atom. The van der Waals surface area contributed by atoms with Crippen molar-refractivity contribution >= 4 is 22.1 Å². The second-order valence-electron chi connectivity index (χ2n) is 5.50. The van der Waals surface area contributed by atoms with E-state index in [1.165, 1.54) is 7.11 Å². The maximum atomic E-state index is 12.5. The van der Waals surface area contributed by atoms with E-state index in [2.05, 4.69) is 10.1 Å². The van der Waals surface area contributed by atoms with E-state index in [-0.39, 0.29) is 19.6 Å². The summed E-state index contributed by atoms with van der Waals surface area (Å²) in [7, 11) is -2.74. The monoisotopic (exact) mass is 357 g/mol. The molecule has 132 valence electrons. The number of carbonyl (C=O) groups is 2. The summed E-state index contributed by atoms with van der Waals surface area (Å²) in [5.41, 5.74) is -1.04. The van der Waals surface area contributed by atoms with Crippen molar-refractivity contribution in [2.45, 2.75) is 24.7 Å². The van der Waals surface area contributed by atoms with Gasteiger partial charge in [0.05, 0.1) is 13.4 Å². The standard InChI is InChI=1S/C15H19NO7S/c1-21-13(17)12-8-15(10-16-12,23-24(2,19)20)14(18)22-9-11-6-4-3-5-7-11/h3-7,12,16H,8-10H2,1-2H3/t12-,15+/m0/s1. The summed E-state index contributed by atoms with van der Waals surface area (Å²) >= 11 is 0. The molecule has 1 N–H and O–H groups in total. The fourth-order valence-electron chi connectivity index (χ4n) is 2.47. The Morgan fingerprint density at radius 3 is 2.54 bits per heavy atom. The number of hydrogen-bond acceptors (Lipinski definition) is 8. The van der Waals surface area contributed by atoms with Gasteiger partial charge in [0.15, 0.2) is 5.60 Å². The maximum absolute atomic E-state index is 12.5. The second kappa shape index (κ2) is 7.29. The molecule has 1 heterocycles. The lowest BCUT2D eigenvalue weighted by atomic mass is 10.0. The quantitative estimate of drug-likeness (QED) is 0.559. The Kier molecular flexibility index (Phi) is 5.58. The van der Waals surface area contributed by atoms with Crippen LogP contribution in [0.4, 0.5) is 0 Å². The highest BCUT2D eigenvalue weighted by atomic mass is 32.2. The molecule has 1 fully saturated rings. The summed E-state index contributed by atoms with van der Waals surface area (Å²) in [4.78, 5) is 24.1. The van der Waals surface area contributed by atoms with Gasteiger partial charge < -0.3 is 14.8 Å². The number of ether oxygens (including phenoxy) is 2. The van der Waals surface area contributed by atoms with Gasteiger partial charge in [0.25, 0.3) is 10.1 Å². The smallest absolute Gasteiger partial charge is 0.341 e. The lowest BCUT2D eigenvalue weighted by Gasteiger charge is -2.24. The number of esters is 2. The first-order valence-corrected chi connectivity index (χ1v) is 9.00. The molecule has 0 aromatic heterocycles. The lowest BCUT2D eigenvalue weighted by Crippen LogP contribution is -2.46. The van der Waals surface area contributed by atoms with Gasteiger partial charge in [0.1, 0.15) is 12.6 Å². The van der Waals surface area contributed by atoms with Crippen LogP contribution < -0.4 is 5.32 Å². The van der Waals surface area contributed by atoms with Crippen LogP contribution in [-0.2, 0) is 40.0 Å². The predicted octanol–water partition coefficient (Wildman–Crippen LogP) is -0.0203. The van der Waals surface area contributed by atoms with E-state index in [1.807, 2.05) is 6.07 Å². The van der Waals surface area contributed by atoms with Crippen LogP contribution in [0.1, 0.15) is 12.0 Å². The third-order valence-electron chi connectivity index (χ3n) is 3.55. The molecular formula is C15H19NO7S. The topological polar surface area (TPSA) is 108 Å². The second-order valence-corrected chi connectivity index (χ2v) is 7.08. The zero-order valence-corrected chi connectivity index (χ0v) is 14.2. The number of nitrogens with one attached hydrogen (secondary N) is 1. The van der Waals surface area contributed by atoms with Crippen LogP contribution in [-0.4, -0.2) is 51.9 Å². The molecule has 1 aromatic rings. The number of carbonyl (C=O) groups excluding carboxylic acids is 2. The van der Waals surface area contributed by atoms with Crippen molar-refractivity contribution in [2.75, 3.05) is 19.9 Å². The molecule has 1 saturated heterocycles. The average Bonchev–Trinajstić information content (AvgIpc) is 2.96. The molecule has 0 amide bonds. The fourth-order valence-corrected chi connectivity index (χ4v) is 3.24. The van der Waals surface area contributed by atoms with E-state index in [4.69, 9.17) is 8.92 Å². The Morgan fingerprint density at radius 1 is 1.29 bits per heavy atom. The van der Waals surface area contributed by atoms with Crippen LogP contribution in [0.5, 0.6) is 0 Å². The lowest BCUT2D eigenvalue weighted by molar-refractivity contribution is -0.162. The van der Waals surface area contributed by atoms with E-state index in [1.54, 1.807) is 24.3 Å². The van der Waals surface area contributed by atoms with Gasteiger partial charge in [-0.1, -0.05) is 30.3 Å². The molecule has 24 heavy (non-hydrogen) atoms. The van der Waals surface area contributed by atoms with Crippen LogP contribution >= 0.6 is 0 Å². The van der Waals surface area contributed by atoms with Crippen LogP contribution in [0, 0.1) is 0 Å². The van der Waals surface area contributed by atoms with E-state index >= 15 is 0 Å². The van der Waals surface area contributed by atoms with Gasteiger partial charge in [-0.15, -0.1) is 0 Å². The predicted molar refractivity (Wildman–Crippen MR) is 83.3 cm³/mol. The molecule has 0 aliphatic carbocycles. The largest absolute Gasteiger partial charge is 0.468 e. The molecule has 1 aromatic carbocycles. The normalized spacial score (nSPS) is 23.7. The van der Waals surface area contributed by atoms with Crippen LogP contribution in [0.2, 0.25) is 0 Å². The molecular weight excluding hydrogens is 338 g/mol. The molecule has 0 unspecified atom stereocenters. The van der Waals surface area contributed by atoms with Gasteiger partial charge in [-0.3, -0.25) is 8.98 Å². The molecule has 8 nitrogen and oxygen atoms in total. The van der Waals surface area contributed by atoms with Crippen LogP contribution in [0.15, 0.2) is 30.3 Å². The minimum absolute atomic E-state index is 0.0303. The van der Waals surface area contributed by atoms with Gasteiger partial charge in [0.2, 0.25) is 0 Å². The highest BCUT2D eigenvalue weighted by Crippen LogP contribution is 2.28. The first kappa shape index (κ1) is 18.4. The average molecular weight is 357 g/mol. The highest BCUT2D eigenvalue weighted by molar-refractivity contribution is 7.86. The van der Waals surface area contributed by atoms with Gasteiger partial charge in [-0.05, 0) is 5.56 Å². The number of rotatable bonds is 6. The Labute approximate surface area is 140 Å². The molecule has 0 saturated carbocycles. The van der Waals surface area contributed by atoms with E-state index in [0.29, 0.717) is 0 Å². The third-order valence-corrected chi connectivity index (χ3v) is 4.17. The molecule has 1 aliphatic heterocycles. The summed E-state index contributed by atoms with van der Waals surface area (Å²) in [5, 5.41) is 2.74. The summed E-state index contributed by atoms with van der Waals surface area (Å²) < 4.78 is 37.9. The first-order chi connectivity index (χ1) is 11.3. The molecule has 0 spiro atoms. The minimum atomic E-state index is -3.94. The summed E-state index contributed by atoms with van der Waals surface area (Å²) in [6.45, 7) is -0.203. The van der Waals surface area contributed by atoms with E-state index < -0.39 is 33.7 Å². The minimum Gasteiger partial charge on any atom is -0.468 e. The van der Waals surface area contributed by atoms with Crippen molar-refractivity contribution in [2.24, 2.45) is 0 Å². The van der Waals surface area contributed by atoms with Gasteiger partial charge >= 0.3 is 11.9 Å². The Balaban J connectivity index is 2.14. The summed E-state index contributed by atoms with van der Waals surface area (Å²) in [6.07, 6.45) is 0.644. The highest BCUT2D eigenvalue weighted by Gasteiger charge is 2.52. The summed E-state index contributed by atoms with van der Waals surface area (Å²) in [5.74, 6) is -1.46. The molecule has 2 atom stereocenters. The first-order valence-electron chi connectivity index (χ1n) is 7.19. The van der Waals surface area contributed by atoms with E-state index in [0.717, 1.165) is 11.8 Å². The number of benzene rings is 1. The maximum Gasteiger partial charge on any atom is 0.341 e. The van der Waals surface area contributed by atoms with Crippen molar-refractivity contribution in [1.82, 2.24) is 5.32 Å². The van der Waals surface area contributed by atoms with Crippen molar-refractivity contribution in [1.29, 1.82) is 0 Å². The molecule has 0 radical (unpaired) electrons. The van der Waals surface area contributed by atoms with Gasteiger partial charge in [-0.2, -0.15) is 8.42 Å². The zero-order valence-electron chi connectivity index (χ0n) is 13.4. The van der Waals surface area contributed by atoms with Gasteiger partial charge in [-0.25, -0.2) is 4.79 Å². The Bertz CT molecular complexity index is 704. The third kappa shape index (κ3) is 4.53. The van der Waals surface area contributed by atoms with Crippen molar-refractivity contribution in [3.05, 3.63) is 35.9 Å². The van der Waals surface area contributed by atoms with Crippen molar-refractivity contribution in [3.63, 3.8) is 0 Å². The van der Waals surface area contributed by atoms with Crippen molar-refractivity contribution in [3.8, 4) is 0 Å². The zero-order chi connectivity index (χ0) is 17.8. The number of methoxy groups -OCH3 is 1. The fraction of sp³-hybridized carbons (Fsp3) is 0.467. The van der Waals surface area contributed by atoms with Crippen LogP contribution in [0.3, 0.4) is 0 Å². The molecule has 9 heteroatoms. The number of hydrogen-bond donors (Lipinski definition) is 1. The van der Waals surface area contributed by atoms with Gasteiger partial charge in [0, 0.05) is 13.0 Å². The molecule has 0 bridgehead atoms. The van der Waals surface area contributed by atoms with Crippen LogP contribution in [0.25, 0.3) is 0 Å². The van der Waals surface area contributed by atoms with Crippen molar-refractivity contribution < 1.29 is 31.7 Å². The summed E-state index contributed by atoms with van der Waals surface area (Å²) in [6, 6.07) is 8.08. The molecule has 1 aliphatic rings. The SMILES string of the molecule is COC(=O)[C@@H]1C[C@](OS(C)(=O)=O)(C(=O)OCc2ccccc2)CN1.